The number of anilines is 1. The van der Waals surface area contributed by atoms with E-state index in [9.17, 15) is 18.8 Å². The van der Waals surface area contributed by atoms with Gasteiger partial charge in [0.05, 0.1) is 7.11 Å². The third-order valence-corrected chi connectivity index (χ3v) is 3.38. The number of rotatable bonds is 6. The molecule has 26 heavy (non-hydrogen) atoms. The molecule has 0 aliphatic rings. The molecule has 0 heterocycles. The lowest BCUT2D eigenvalue weighted by atomic mass is 10.1. The van der Waals surface area contributed by atoms with Crippen molar-refractivity contribution >= 4 is 17.7 Å². The van der Waals surface area contributed by atoms with Gasteiger partial charge in [-0.15, -0.1) is 0 Å². The van der Waals surface area contributed by atoms with Crippen molar-refractivity contribution in [3.05, 3.63) is 59.2 Å². The van der Waals surface area contributed by atoms with Crippen LogP contribution in [0.4, 0.5) is 14.5 Å². The van der Waals surface area contributed by atoms with E-state index in [2.05, 4.69) is 10.1 Å². The molecule has 2 aromatic carbocycles. The molecule has 0 radical (unpaired) electrons. The molecule has 0 bridgehead atoms. The molecule has 0 aliphatic heterocycles. The summed E-state index contributed by atoms with van der Waals surface area (Å²) < 4.78 is 34.8. The van der Waals surface area contributed by atoms with Gasteiger partial charge in [0.2, 0.25) is 0 Å². The first-order valence-electron chi connectivity index (χ1n) is 7.56. The van der Waals surface area contributed by atoms with Crippen molar-refractivity contribution in [3.8, 4) is 17.6 Å². The molecule has 0 aliphatic carbocycles. The summed E-state index contributed by atoms with van der Waals surface area (Å²) in [6.45, 7) is -1.22. The molecule has 134 valence electrons. The maximum atomic E-state index is 12.7. The number of aryl methyl sites for hydroxylation is 1. The zero-order valence-corrected chi connectivity index (χ0v) is 14.1. The maximum absolute atomic E-state index is 12.7. The lowest BCUT2D eigenvalue weighted by molar-refractivity contribution is -0.112. The van der Waals surface area contributed by atoms with Crippen molar-refractivity contribution in [3.63, 3.8) is 0 Å². The summed E-state index contributed by atoms with van der Waals surface area (Å²) in [5.74, 6) is -0.847. The van der Waals surface area contributed by atoms with Crippen LogP contribution in [0.1, 0.15) is 11.1 Å². The van der Waals surface area contributed by atoms with Gasteiger partial charge in [-0.2, -0.15) is 14.0 Å². The SMILES string of the molecule is COc1cccc(/C=C(\C#N)C(=O)Nc2cccc(C)c2)c1OC(F)F. The second-order valence-electron chi connectivity index (χ2n) is 5.25. The predicted molar refractivity (Wildman–Crippen MR) is 93.0 cm³/mol. The number of alkyl halides is 2. The van der Waals surface area contributed by atoms with Crippen LogP contribution in [0, 0.1) is 18.3 Å². The molecule has 0 spiro atoms. The van der Waals surface area contributed by atoms with Gasteiger partial charge in [0.15, 0.2) is 11.5 Å². The fourth-order valence-corrected chi connectivity index (χ4v) is 2.25. The van der Waals surface area contributed by atoms with E-state index in [1.165, 1.54) is 31.4 Å². The lowest BCUT2D eigenvalue weighted by Gasteiger charge is -2.12. The quantitative estimate of drug-likeness (QED) is 0.622. The van der Waals surface area contributed by atoms with Crippen molar-refractivity contribution in [2.24, 2.45) is 0 Å². The standard InChI is InChI=1S/C19H16F2N2O3/c1-12-5-3-7-15(9-12)23-18(24)14(11-22)10-13-6-4-8-16(25-2)17(13)26-19(20)21/h3-10,19H,1-2H3,(H,23,24)/b14-10+. The summed E-state index contributed by atoms with van der Waals surface area (Å²) >= 11 is 0. The van der Waals surface area contributed by atoms with Crippen LogP contribution < -0.4 is 14.8 Å². The fourth-order valence-electron chi connectivity index (χ4n) is 2.25. The zero-order chi connectivity index (χ0) is 19.1. The van der Waals surface area contributed by atoms with Crippen molar-refractivity contribution in [1.82, 2.24) is 0 Å². The van der Waals surface area contributed by atoms with E-state index in [4.69, 9.17) is 4.74 Å². The number of nitrogens with zero attached hydrogens (tertiary/aromatic N) is 1. The van der Waals surface area contributed by atoms with Gasteiger partial charge in [0, 0.05) is 11.3 Å². The molecular weight excluding hydrogens is 342 g/mol. The van der Waals surface area contributed by atoms with E-state index in [0.29, 0.717) is 5.69 Å². The third-order valence-electron chi connectivity index (χ3n) is 3.38. The van der Waals surface area contributed by atoms with E-state index in [1.807, 2.05) is 13.0 Å². The number of benzene rings is 2. The Bertz CT molecular complexity index is 873. The smallest absolute Gasteiger partial charge is 0.387 e. The molecule has 0 unspecified atom stereocenters. The molecule has 0 fully saturated rings. The number of amides is 1. The Hall–Kier alpha value is -3.40. The van der Waals surface area contributed by atoms with Gasteiger partial charge in [0.25, 0.3) is 5.91 Å². The topological polar surface area (TPSA) is 71.3 Å². The van der Waals surface area contributed by atoms with Gasteiger partial charge in [-0.25, -0.2) is 0 Å². The average Bonchev–Trinajstić information content (AvgIpc) is 2.60. The number of nitrogens with one attached hydrogen (secondary N) is 1. The normalized spacial score (nSPS) is 11.0. The molecule has 0 saturated heterocycles. The highest BCUT2D eigenvalue weighted by molar-refractivity contribution is 6.09. The van der Waals surface area contributed by atoms with Gasteiger partial charge >= 0.3 is 6.61 Å². The monoisotopic (exact) mass is 358 g/mol. The highest BCUT2D eigenvalue weighted by atomic mass is 19.3. The van der Waals surface area contributed by atoms with Crippen LogP contribution in [-0.4, -0.2) is 19.6 Å². The number of hydrogen-bond acceptors (Lipinski definition) is 4. The Morgan fingerprint density at radius 1 is 1.27 bits per heavy atom. The van der Waals surface area contributed by atoms with E-state index < -0.39 is 12.5 Å². The summed E-state index contributed by atoms with van der Waals surface area (Å²) in [7, 11) is 1.30. The Kier molecular flexibility index (Phi) is 6.28. The number of carbonyl (C=O) groups is 1. The Morgan fingerprint density at radius 2 is 2.00 bits per heavy atom. The van der Waals surface area contributed by atoms with Gasteiger partial charge < -0.3 is 14.8 Å². The van der Waals surface area contributed by atoms with Crippen molar-refractivity contribution in [2.75, 3.05) is 12.4 Å². The van der Waals surface area contributed by atoms with Crippen LogP contribution in [0.3, 0.4) is 0 Å². The number of ether oxygens (including phenoxy) is 2. The van der Waals surface area contributed by atoms with Crippen LogP contribution in [-0.2, 0) is 4.79 Å². The van der Waals surface area contributed by atoms with Gasteiger partial charge in [-0.05, 0) is 36.8 Å². The van der Waals surface area contributed by atoms with E-state index in [0.717, 1.165) is 5.56 Å². The van der Waals surface area contributed by atoms with Gasteiger partial charge in [-0.1, -0.05) is 24.3 Å². The molecule has 7 heteroatoms. The molecule has 2 rings (SSSR count). The molecule has 1 N–H and O–H groups in total. The fraction of sp³-hybridized carbons (Fsp3) is 0.158. The number of carbonyl (C=O) groups excluding carboxylic acids is 1. The van der Waals surface area contributed by atoms with Crippen molar-refractivity contribution in [1.29, 1.82) is 5.26 Å². The molecule has 0 saturated carbocycles. The molecule has 1 amide bonds. The second kappa shape index (κ2) is 8.62. The first-order valence-corrected chi connectivity index (χ1v) is 7.56. The van der Waals surface area contributed by atoms with Crippen molar-refractivity contribution < 1.29 is 23.0 Å². The zero-order valence-electron chi connectivity index (χ0n) is 14.1. The maximum Gasteiger partial charge on any atom is 0.387 e. The highest BCUT2D eigenvalue weighted by Gasteiger charge is 2.17. The Balaban J connectivity index is 2.36. The number of hydrogen-bond donors (Lipinski definition) is 1. The summed E-state index contributed by atoms with van der Waals surface area (Å²) in [5.41, 5.74) is 1.32. The third kappa shape index (κ3) is 4.80. The number of nitriles is 1. The predicted octanol–water partition coefficient (Wildman–Crippen LogP) is 4.15. The second-order valence-corrected chi connectivity index (χ2v) is 5.25. The van der Waals surface area contributed by atoms with Crippen LogP contribution in [0.2, 0.25) is 0 Å². The van der Waals surface area contributed by atoms with E-state index in [-0.39, 0.29) is 22.6 Å². The molecular formula is C19H16F2N2O3. The minimum absolute atomic E-state index is 0.0652. The Labute approximate surface area is 149 Å². The van der Waals surface area contributed by atoms with E-state index >= 15 is 0 Å². The van der Waals surface area contributed by atoms with Gasteiger partial charge in [0.1, 0.15) is 11.6 Å². The summed E-state index contributed by atoms with van der Waals surface area (Å²) in [5, 5.41) is 11.9. The van der Waals surface area contributed by atoms with E-state index in [1.54, 1.807) is 24.3 Å². The minimum Gasteiger partial charge on any atom is -0.493 e. The summed E-state index contributed by atoms with van der Waals surface area (Å²) in [4.78, 5) is 12.3. The highest BCUT2D eigenvalue weighted by Crippen LogP contribution is 2.34. The molecule has 5 nitrogen and oxygen atoms in total. The summed E-state index contributed by atoms with van der Waals surface area (Å²) in [6, 6.07) is 13.2. The van der Waals surface area contributed by atoms with Crippen LogP contribution in [0.15, 0.2) is 48.0 Å². The first-order chi connectivity index (χ1) is 12.4. The summed E-state index contributed by atoms with van der Waals surface area (Å²) in [6.07, 6.45) is 1.17. The molecule has 0 atom stereocenters. The lowest BCUT2D eigenvalue weighted by Crippen LogP contribution is -2.13. The molecule has 0 aromatic heterocycles. The average molecular weight is 358 g/mol. The number of halogens is 2. The first kappa shape index (κ1) is 18.9. The van der Waals surface area contributed by atoms with Crippen molar-refractivity contribution in [2.45, 2.75) is 13.5 Å². The number of para-hydroxylation sites is 1. The Morgan fingerprint density at radius 3 is 2.62 bits per heavy atom. The largest absolute Gasteiger partial charge is 0.493 e. The van der Waals surface area contributed by atoms with Crippen LogP contribution in [0.25, 0.3) is 6.08 Å². The molecule has 2 aromatic rings. The van der Waals surface area contributed by atoms with Gasteiger partial charge in [-0.3, -0.25) is 4.79 Å². The van der Waals surface area contributed by atoms with Crippen LogP contribution >= 0.6 is 0 Å². The minimum atomic E-state index is -3.08. The number of methoxy groups -OCH3 is 1. The van der Waals surface area contributed by atoms with Crippen LogP contribution in [0.5, 0.6) is 11.5 Å².